The van der Waals surface area contributed by atoms with Crippen molar-refractivity contribution in [1.82, 2.24) is 5.32 Å². The van der Waals surface area contributed by atoms with E-state index in [-0.39, 0.29) is 29.5 Å². The lowest BCUT2D eigenvalue weighted by atomic mass is 9.78. The molecule has 0 spiro atoms. The van der Waals surface area contributed by atoms with E-state index in [2.05, 4.69) is 33.0 Å². The maximum Gasteiger partial charge on any atom is 0.407 e. The molecule has 0 bridgehead atoms. The van der Waals surface area contributed by atoms with Gasteiger partial charge >= 0.3 is 12.2 Å². The highest BCUT2D eigenvalue weighted by Gasteiger charge is 2.26. The zero-order valence-electron chi connectivity index (χ0n) is 17.5. The van der Waals surface area contributed by atoms with E-state index >= 15 is 0 Å². The number of phenols is 1. The van der Waals surface area contributed by atoms with Gasteiger partial charge < -0.3 is 15.2 Å². The number of phenolic OH excluding ortho intramolecular Hbond substituents is 1. The van der Waals surface area contributed by atoms with Crippen LogP contribution in [0.5, 0.6) is 5.75 Å². The molecule has 6 nitrogen and oxygen atoms in total. The van der Waals surface area contributed by atoms with Crippen molar-refractivity contribution >= 4 is 12.2 Å². The van der Waals surface area contributed by atoms with E-state index in [1.165, 1.54) is 0 Å². The smallest absolute Gasteiger partial charge is 0.407 e. The van der Waals surface area contributed by atoms with E-state index in [1.54, 1.807) is 12.1 Å². The largest absolute Gasteiger partial charge is 0.508 e. The van der Waals surface area contributed by atoms with Gasteiger partial charge in [-0.1, -0.05) is 39.8 Å². The van der Waals surface area contributed by atoms with Gasteiger partial charge in [0.15, 0.2) is 0 Å². The summed E-state index contributed by atoms with van der Waals surface area (Å²) in [5, 5.41) is 12.4. The molecule has 0 radical (unpaired) electrons. The lowest BCUT2D eigenvalue weighted by molar-refractivity contribution is -0.191. The van der Waals surface area contributed by atoms with Crippen molar-refractivity contribution in [2.45, 2.75) is 73.0 Å². The second kappa shape index (κ2) is 10.7. The summed E-state index contributed by atoms with van der Waals surface area (Å²) in [6.45, 7) is 14.4. The fourth-order valence-corrected chi connectivity index (χ4v) is 2.36. The van der Waals surface area contributed by atoms with Gasteiger partial charge in [0.05, 0.1) is 0 Å². The summed E-state index contributed by atoms with van der Waals surface area (Å²) in [5.74, 6) is 0.688. The normalized spacial score (nSPS) is 13.4. The number of nitrogens with one attached hydrogen (secondary N) is 1. The SMILES string of the molecule is CC(C[C@H](Cc1ccc(O)cc1)NC(=O)OC(C)(C)C)C(C)(C)C.O=C=O. The summed E-state index contributed by atoms with van der Waals surface area (Å²) < 4.78 is 5.40. The van der Waals surface area contributed by atoms with Crippen LogP contribution in [0.1, 0.15) is 60.5 Å². The predicted molar refractivity (Wildman–Crippen MR) is 103 cm³/mol. The van der Waals surface area contributed by atoms with Gasteiger partial charge in [0.2, 0.25) is 0 Å². The van der Waals surface area contributed by atoms with Crippen molar-refractivity contribution in [2.75, 3.05) is 0 Å². The molecule has 1 unspecified atom stereocenters. The molecule has 0 aliphatic carbocycles. The van der Waals surface area contributed by atoms with E-state index in [0.717, 1.165) is 12.0 Å². The first kappa shape index (κ1) is 24.7. The minimum Gasteiger partial charge on any atom is -0.508 e. The predicted octanol–water partition coefficient (Wildman–Crippen LogP) is 4.32. The Hall–Kier alpha value is -2.33. The van der Waals surface area contributed by atoms with Crippen LogP contribution in [0.25, 0.3) is 0 Å². The van der Waals surface area contributed by atoms with Crippen LogP contribution in [0.3, 0.4) is 0 Å². The van der Waals surface area contributed by atoms with Crippen molar-refractivity contribution < 1.29 is 24.2 Å². The first-order valence-corrected chi connectivity index (χ1v) is 9.05. The molecule has 1 rings (SSSR count). The monoisotopic (exact) mass is 379 g/mol. The summed E-state index contributed by atoms with van der Waals surface area (Å²) in [7, 11) is 0. The summed E-state index contributed by atoms with van der Waals surface area (Å²) >= 11 is 0. The zero-order valence-corrected chi connectivity index (χ0v) is 17.5. The molecule has 1 amide bonds. The fraction of sp³-hybridized carbons (Fsp3) is 0.619. The van der Waals surface area contributed by atoms with Crippen LogP contribution < -0.4 is 5.32 Å². The van der Waals surface area contributed by atoms with Crippen LogP contribution in [0.2, 0.25) is 0 Å². The second-order valence-electron chi connectivity index (χ2n) is 8.80. The Balaban J connectivity index is 0.00000210. The lowest BCUT2D eigenvalue weighted by Crippen LogP contribution is -2.42. The average molecular weight is 379 g/mol. The van der Waals surface area contributed by atoms with Crippen molar-refractivity contribution in [3.05, 3.63) is 29.8 Å². The third kappa shape index (κ3) is 11.8. The minimum absolute atomic E-state index is 0.0152. The Morgan fingerprint density at radius 1 is 1.11 bits per heavy atom. The lowest BCUT2D eigenvalue weighted by Gasteiger charge is -2.31. The first-order valence-electron chi connectivity index (χ1n) is 9.05. The Morgan fingerprint density at radius 2 is 1.59 bits per heavy atom. The Kier molecular flexibility index (Phi) is 9.80. The van der Waals surface area contributed by atoms with Gasteiger partial charge in [-0.25, -0.2) is 4.79 Å². The Bertz CT molecular complexity index is 605. The molecule has 0 fully saturated rings. The fourth-order valence-electron chi connectivity index (χ4n) is 2.36. The summed E-state index contributed by atoms with van der Waals surface area (Å²) in [6.07, 6.45) is 1.44. The van der Waals surface area contributed by atoms with Gasteiger partial charge in [0, 0.05) is 6.04 Å². The second-order valence-corrected chi connectivity index (χ2v) is 8.80. The van der Waals surface area contributed by atoms with Crippen molar-refractivity contribution in [3.8, 4) is 5.75 Å². The average Bonchev–Trinajstić information content (AvgIpc) is 2.47. The number of hydrogen-bond acceptors (Lipinski definition) is 5. The topological polar surface area (TPSA) is 92.7 Å². The highest BCUT2D eigenvalue weighted by molar-refractivity contribution is 5.68. The Labute approximate surface area is 162 Å². The van der Waals surface area contributed by atoms with E-state index in [0.29, 0.717) is 12.3 Å². The quantitative estimate of drug-likeness (QED) is 0.795. The summed E-state index contributed by atoms with van der Waals surface area (Å²) in [6, 6.07) is 7.11. The van der Waals surface area contributed by atoms with Gasteiger partial charge in [0.1, 0.15) is 11.4 Å². The Morgan fingerprint density at radius 3 is 2.00 bits per heavy atom. The third-order valence-corrected chi connectivity index (χ3v) is 4.26. The molecule has 0 aromatic heterocycles. The molecule has 0 aliphatic rings. The van der Waals surface area contributed by atoms with Crippen molar-refractivity contribution in [3.63, 3.8) is 0 Å². The van der Waals surface area contributed by atoms with Crippen LogP contribution in [-0.4, -0.2) is 29.0 Å². The highest BCUT2D eigenvalue weighted by atomic mass is 16.6. The molecular weight excluding hydrogens is 346 g/mol. The molecule has 2 atom stereocenters. The molecule has 0 aliphatic heterocycles. The van der Waals surface area contributed by atoms with Gasteiger partial charge in [-0.15, -0.1) is 0 Å². The van der Waals surface area contributed by atoms with E-state index in [9.17, 15) is 9.90 Å². The number of hydrogen-bond donors (Lipinski definition) is 2. The zero-order chi connectivity index (χ0) is 21.3. The van der Waals surface area contributed by atoms with Crippen LogP contribution in [-0.2, 0) is 20.7 Å². The number of rotatable bonds is 5. The van der Waals surface area contributed by atoms with E-state index in [1.807, 2.05) is 32.9 Å². The van der Waals surface area contributed by atoms with Crippen molar-refractivity contribution in [1.29, 1.82) is 0 Å². The van der Waals surface area contributed by atoms with E-state index < -0.39 is 5.60 Å². The number of amides is 1. The summed E-state index contributed by atoms with van der Waals surface area (Å²) in [4.78, 5) is 28.4. The summed E-state index contributed by atoms with van der Waals surface area (Å²) in [5.41, 5.74) is 0.737. The molecule has 152 valence electrons. The molecule has 0 saturated heterocycles. The number of aromatic hydroxyl groups is 1. The molecule has 0 saturated carbocycles. The van der Waals surface area contributed by atoms with Crippen LogP contribution in [0.15, 0.2) is 24.3 Å². The van der Waals surface area contributed by atoms with Gasteiger partial charge in [-0.05, 0) is 62.6 Å². The molecule has 0 heterocycles. The molecule has 6 heteroatoms. The van der Waals surface area contributed by atoms with Gasteiger partial charge in [-0.2, -0.15) is 9.59 Å². The highest BCUT2D eigenvalue weighted by Crippen LogP contribution is 2.30. The maximum absolute atomic E-state index is 12.2. The third-order valence-electron chi connectivity index (χ3n) is 4.26. The van der Waals surface area contributed by atoms with Crippen LogP contribution >= 0.6 is 0 Å². The molecule has 1 aromatic rings. The number of ether oxygens (including phenoxy) is 1. The van der Waals surface area contributed by atoms with Crippen LogP contribution in [0, 0.1) is 11.3 Å². The molecule has 2 N–H and O–H groups in total. The van der Waals surface area contributed by atoms with Gasteiger partial charge in [-0.3, -0.25) is 0 Å². The maximum atomic E-state index is 12.2. The first-order chi connectivity index (χ1) is 12.3. The number of benzene rings is 1. The standard InChI is InChI=1S/C20H33NO3.CO2/c1-14(19(2,3)4)12-16(21-18(23)24-20(5,6)7)13-15-8-10-17(22)11-9-15;2-1-3/h8-11,14,16,22H,12-13H2,1-7H3,(H,21,23);/t14?,16-;/m1./s1. The van der Waals surface area contributed by atoms with Gasteiger partial charge in [0.25, 0.3) is 0 Å². The molecular formula is C21H33NO5. The van der Waals surface area contributed by atoms with E-state index in [4.69, 9.17) is 14.3 Å². The van der Waals surface area contributed by atoms with Crippen molar-refractivity contribution in [2.24, 2.45) is 11.3 Å². The number of carbonyl (C=O) groups is 1. The molecule has 1 aromatic carbocycles. The number of alkyl carbamates (subject to hydrolysis) is 1. The van der Waals surface area contributed by atoms with Crippen LogP contribution in [0.4, 0.5) is 4.79 Å². The molecule has 27 heavy (non-hydrogen) atoms. The number of carbonyl (C=O) groups excluding carboxylic acids is 3. The minimum atomic E-state index is -0.511.